The summed E-state index contributed by atoms with van der Waals surface area (Å²) in [6.45, 7) is 4.27. The molecule has 0 aromatic carbocycles. The topological polar surface area (TPSA) is 70.5 Å². The summed E-state index contributed by atoms with van der Waals surface area (Å²) in [6.07, 6.45) is 1.76. The average Bonchev–Trinajstić information content (AvgIpc) is 2.67. The number of hydrogen-bond acceptors (Lipinski definition) is 3. The number of carbonyl (C=O) groups is 2. The molecule has 0 aliphatic carbocycles. The molecule has 0 spiro atoms. The van der Waals surface area contributed by atoms with Crippen molar-refractivity contribution in [2.45, 2.75) is 26.3 Å². The molecule has 96 valence electrons. The van der Waals surface area contributed by atoms with Crippen molar-refractivity contribution in [2.75, 3.05) is 6.54 Å². The standard InChI is InChI=1S/C13H16N2O3/c1-3-15-11(16)6-9(13(17)18)12(15)10-5-4-8(2)7-14-10/h4-5,7,9,12H,3,6H2,1-2H3,(H,17,18). The summed E-state index contributed by atoms with van der Waals surface area (Å²) >= 11 is 0. The fourth-order valence-corrected chi connectivity index (χ4v) is 2.40. The minimum atomic E-state index is -0.938. The summed E-state index contributed by atoms with van der Waals surface area (Å²) in [5.41, 5.74) is 1.67. The van der Waals surface area contributed by atoms with Crippen LogP contribution in [0.5, 0.6) is 0 Å². The van der Waals surface area contributed by atoms with E-state index in [1.54, 1.807) is 17.2 Å². The first-order valence-electron chi connectivity index (χ1n) is 5.99. The van der Waals surface area contributed by atoms with Gasteiger partial charge in [0.05, 0.1) is 17.7 Å². The molecule has 5 nitrogen and oxygen atoms in total. The number of likely N-dealkylation sites (tertiary alicyclic amines) is 1. The van der Waals surface area contributed by atoms with Gasteiger partial charge in [0.1, 0.15) is 0 Å². The molecule has 2 heterocycles. The van der Waals surface area contributed by atoms with Crippen molar-refractivity contribution in [1.29, 1.82) is 0 Å². The van der Waals surface area contributed by atoms with Gasteiger partial charge >= 0.3 is 5.97 Å². The van der Waals surface area contributed by atoms with Crippen molar-refractivity contribution >= 4 is 11.9 Å². The second-order valence-corrected chi connectivity index (χ2v) is 4.53. The number of rotatable bonds is 3. The van der Waals surface area contributed by atoms with Crippen molar-refractivity contribution in [2.24, 2.45) is 5.92 Å². The Balaban J connectivity index is 2.39. The van der Waals surface area contributed by atoms with Crippen molar-refractivity contribution < 1.29 is 14.7 Å². The lowest BCUT2D eigenvalue weighted by molar-refractivity contribution is -0.142. The largest absolute Gasteiger partial charge is 0.481 e. The Morgan fingerprint density at radius 1 is 1.56 bits per heavy atom. The third-order valence-corrected chi connectivity index (χ3v) is 3.33. The quantitative estimate of drug-likeness (QED) is 0.877. The van der Waals surface area contributed by atoms with E-state index in [4.69, 9.17) is 0 Å². The third-order valence-electron chi connectivity index (χ3n) is 3.33. The van der Waals surface area contributed by atoms with Crippen LogP contribution in [0.3, 0.4) is 0 Å². The molecule has 0 bridgehead atoms. The van der Waals surface area contributed by atoms with Crippen LogP contribution in [0.2, 0.25) is 0 Å². The van der Waals surface area contributed by atoms with Gasteiger partial charge in [0.2, 0.25) is 5.91 Å². The van der Waals surface area contributed by atoms with Crippen LogP contribution in [-0.2, 0) is 9.59 Å². The summed E-state index contributed by atoms with van der Waals surface area (Å²) in [6, 6.07) is 3.25. The summed E-state index contributed by atoms with van der Waals surface area (Å²) in [5, 5.41) is 9.22. The highest BCUT2D eigenvalue weighted by molar-refractivity contribution is 5.87. The third kappa shape index (κ3) is 2.08. The van der Waals surface area contributed by atoms with Gasteiger partial charge in [-0.2, -0.15) is 0 Å². The smallest absolute Gasteiger partial charge is 0.309 e. The lowest BCUT2D eigenvalue weighted by Gasteiger charge is -2.25. The molecule has 5 heteroatoms. The van der Waals surface area contributed by atoms with Gasteiger partial charge in [0.25, 0.3) is 0 Å². The van der Waals surface area contributed by atoms with E-state index in [0.717, 1.165) is 5.56 Å². The van der Waals surface area contributed by atoms with E-state index in [1.165, 1.54) is 0 Å². The van der Waals surface area contributed by atoms with Gasteiger partial charge < -0.3 is 10.0 Å². The van der Waals surface area contributed by atoms with Crippen LogP contribution in [0.15, 0.2) is 18.3 Å². The predicted molar refractivity (Wildman–Crippen MR) is 64.8 cm³/mol. The molecular formula is C13H16N2O3. The number of amides is 1. The zero-order valence-corrected chi connectivity index (χ0v) is 10.5. The lowest BCUT2D eigenvalue weighted by atomic mass is 9.97. The van der Waals surface area contributed by atoms with E-state index in [1.807, 2.05) is 19.9 Å². The van der Waals surface area contributed by atoms with Crippen LogP contribution < -0.4 is 0 Å². The van der Waals surface area contributed by atoms with Crippen molar-refractivity contribution in [3.8, 4) is 0 Å². The van der Waals surface area contributed by atoms with E-state index in [2.05, 4.69) is 4.98 Å². The minimum Gasteiger partial charge on any atom is -0.481 e. The molecule has 18 heavy (non-hydrogen) atoms. The number of aryl methyl sites for hydroxylation is 1. The van der Waals surface area contributed by atoms with E-state index >= 15 is 0 Å². The molecule has 0 radical (unpaired) electrons. The fraction of sp³-hybridized carbons (Fsp3) is 0.462. The molecule has 2 atom stereocenters. The number of hydrogen-bond donors (Lipinski definition) is 1. The van der Waals surface area contributed by atoms with Crippen LogP contribution in [0.25, 0.3) is 0 Å². The number of carboxylic acid groups (broad SMARTS) is 1. The van der Waals surface area contributed by atoms with Crippen LogP contribution in [0, 0.1) is 12.8 Å². The Morgan fingerprint density at radius 3 is 2.78 bits per heavy atom. The number of pyridine rings is 1. The van der Waals surface area contributed by atoms with E-state index in [0.29, 0.717) is 12.2 Å². The van der Waals surface area contributed by atoms with E-state index < -0.39 is 17.9 Å². The Hall–Kier alpha value is -1.91. The molecule has 1 amide bonds. The van der Waals surface area contributed by atoms with Crippen LogP contribution in [0.4, 0.5) is 0 Å². The first kappa shape index (κ1) is 12.5. The lowest BCUT2D eigenvalue weighted by Crippen LogP contribution is -2.30. The maximum atomic E-state index is 11.8. The van der Waals surface area contributed by atoms with Gasteiger partial charge in [-0.25, -0.2) is 0 Å². The van der Waals surface area contributed by atoms with Crippen LogP contribution in [-0.4, -0.2) is 33.4 Å². The highest BCUT2D eigenvalue weighted by atomic mass is 16.4. The highest BCUT2D eigenvalue weighted by Crippen LogP contribution is 2.37. The first-order chi connectivity index (χ1) is 8.54. The van der Waals surface area contributed by atoms with Crippen molar-refractivity contribution in [3.05, 3.63) is 29.6 Å². The molecule has 1 aromatic heterocycles. The number of aromatic nitrogens is 1. The van der Waals surface area contributed by atoms with Gasteiger partial charge in [0.15, 0.2) is 0 Å². The van der Waals surface area contributed by atoms with Crippen LogP contribution in [0.1, 0.15) is 30.6 Å². The van der Waals surface area contributed by atoms with Crippen molar-refractivity contribution in [1.82, 2.24) is 9.88 Å². The first-order valence-corrected chi connectivity index (χ1v) is 5.99. The molecule has 2 rings (SSSR count). The summed E-state index contributed by atoms with van der Waals surface area (Å²) in [4.78, 5) is 28.9. The van der Waals surface area contributed by atoms with Gasteiger partial charge in [-0.05, 0) is 25.5 Å². The molecule has 1 saturated heterocycles. The highest BCUT2D eigenvalue weighted by Gasteiger charge is 2.44. The summed E-state index contributed by atoms with van der Waals surface area (Å²) in [5.74, 6) is -1.75. The Labute approximate surface area is 105 Å². The molecule has 2 unspecified atom stereocenters. The Kier molecular flexibility index (Phi) is 3.32. The molecule has 1 aromatic rings. The zero-order chi connectivity index (χ0) is 13.3. The SMILES string of the molecule is CCN1C(=O)CC(C(=O)O)C1c1ccc(C)cn1. The van der Waals surface area contributed by atoms with Gasteiger partial charge in [-0.1, -0.05) is 6.07 Å². The van der Waals surface area contributed by atoms with Crippen LogP contribution >= 0.6 is 0 Å². The summed E-state index contributed by atoms with van der Waals surface area (Å²) < 4.78 is 0. The Bertz CT molecular complexity index is 470. The average molecular weight is 248 g/mol. The minimum absolute atomic E-state index is 0.0589. The molecular weight excluding hydrogens is 232 g/mol. The number of aliphatic carboxylic acids is 1. The maximum absolute atomic E-state index is 11.8. The monoisotopic (exact) mass is 248 g/mol. The van der Waals surface area contributed by atoms with E-state index in [9.17, 15) is 14.7 Å². The number of nitrogens with zero attached hydrogens (tertiary/aromatic N) is 2. The molecule has 1 aliphatic heterocycles. The van der Waals surface area contributed by atoms with E-state index in [-0.39, 0.29) is 12.3 Å². The Morgan fingerprint density at radius 2 is 2.28 bits per heavy atom. The maximum Gasteiger partial charge on any atom is 0.309 e. The molecule has 1 N–H and O–H groups in total. The van der Waals surface area contributed by atoms with Crippen molar-refractivity contribution in [3.63, 3.8) is 0 Å². The zero-order valence-electron chi connectivity index (χ0n) is 10.5. The summed E-state index contributed by atoms with van der Waals surface area (Å²) in [7, 11) is 0. The second-order valence-electron chi connectivity index (χ2n) is 4.53. The second kappa shape index (κ2) is 4.76. The fourth-order valence-electron chi connectivity index (χ4n) is 2.40. The molecule has 0 saturated carbocycles. The van der Waals surface area contributed by atoms with Gasteiger partial charge in [-0.15, -0.1) is 0 Å². The normalized spacial score (nSPS) is 23.4. The van der Waals surface area contributed by atoms with Gasteiger partial charge in [-0.3, -0.25) is 14.6 Å². The molecule has 1 aliphatic rings. The molecule has 1 fully saturated rings. The number of carboxylic acids is 1. The predicted octanol–water partition coefficient (Wildman–Crippen LogP) is 1.38. The number of carbonyl (C=O) groups excluding carboxylic acids is 1. The van der Waals surface area contributed by atoms with Gasteiger partial charge in [0, 0.05) is 19.2 Å².